The Morgan fingerprint density at radius 3 is 2.32 bits per heavy atom. The average molecular weight is 474 g/mol. The average Bonchev–Trinajstić information content (AvgIpc) is 2.79. The van der Waals surface area contributed by atoms with E-state index in [1.807, 2.05) is 84.9 Å². The van der Waals surface area contributed by atoms with Crippen molar-refractivity contribution in [3.63, 3.8) is 0 Å². The Morgan fingerprint density at radius 2 is 1.61 bits per heavy atom. The van der Waals surface area contributed by atoms with Crippen LogP contribution in [-0.2, 0) is 11.2 Å². The number of hydrogen-bond acceptors (Lipinski definition) is 4. The molecule has 0 radical (unpaired) electrons. The number of benzene rings is 4. The summed E-state index contributed by atoms with van der Waals surface area (Å²) in [6.45, 7) is 0. The molecule has 0 aliphatic carbocycles. The molecule has 0 fully saturated rings. The normalized spacial score (nSPS) is 11.0. The summed E-state index contributed by atoms with van der Waals surface area (Å²) in [5.41, 5.74) is 3.06. The van der Waals surface area contributed by atoms with Crippen LogP contribution in [-0.4, -0.2) is 13.0 Å². The molecule has 1 N–H and O–H groups in total. The Kier molecular flexibility index (Phi) is 6.38. The second kappa shape index (κ2) is 9.53. The number of methoxy groups -OCH3 is 1. The number of azo groups is 1. The van der Waals surface area contributed by atoms with Crippen molar-refractivity contribution in [3.05, 3.63) is 95.0 Å². The Bertz CT molecular complexity index is 1240. The summed E-state index contributed by atoms with van der Waals surface area (Å²) in [7, 11) is 1.62. The zero-order valence-electron chi connectivity index (χ0n) is 16.9. The fraction of sp³-hybridized carbons (Fsp3) is 0.0800. The summed E-state index contributed by atoms with van der Waals surface area (Å²) in [5, 5.41) is 13.4. The van der Waals surface area contributed by atoms with Crippen molar-refractivity contribution >= 4 is 49.7 Å². The van der Waals surface area contributed by atoms with Crippen LogP contribution >= 0.6 is 15.9 Å². The third-order valence-corrected chi connectivity index (χ3v) is 5.29. The summed E-state index contributed by atoms with van der Waals surface area (Å²) < 4.78 is 6.49. The lowest BCUT2D eigenvalue weighted by Gasteiger charge is -2.13. The lowest BCUT2D eigenvalue weighted by atomic mass is 10.0. The molecule has 0 aromatic heterocycles. The van der Waals surface area contributed by atoms with Crippen LogP contribution in [0.4, 0.5) is 17.1 Å². The van der Waals surface area contributed by atoms with Gasteiger partial charge in [0.2, 0.25) is 5.91 Å². The van der Waals surface area contributed by atoms with Gasteiger partial charge in [-0.3, -0.25) is 4.79 Å². The van der Waals surface area contributed by atoms with Gasteiger partial charge in [0.1, 0.15) is 5.75 Å². The first-order valence-electron chi connectivity index (χ1n) is 9.74. The first-order valence-corrected chi connectivity index (χ1v) is 10.5. The van der Waals surface area contributed by atoms with Crippen LogP contribution in [0, 0.1) is 0 Å². The molecule has 31 heavy (non-hydrogen) atoms. The van der Waals surface area contributed by atoms with Crippen LogP contribution in [0.25, 0.3) is 10.8 Å². The van der Waals surface area contributed by atoms with Gasteiger partial charge in [-0.25, -0.2) is 0 Å². The topological polar surface area (TPSA) is 63.0 Å². The molecule has 0 aliphatic rings. The van der Waals surface area contributed by atoms with Gasteiger partial charge in [-0.2, -0.15) is 10.2 Å². The minimum atomic E-state index is -0.118. The van der Waals surface area contributed by atoms with Crippen molar-refractivity contribution in [1.82, 2.24) is 0 Å². The molecule has 0 atom stereocenters. The highest BCUT2D eigenvalue weighted by Crippen LogP contribution is 2.30. The lowest BCUT2D eigenvalue weighted by molar-refractivity contribution is -0.115. The minimum absolute atomic E-state index is 0.118. The van der Waals surface area contributed by atoms with E-state index in [1.54, 1.807) is 7.11 Å². The predicted octanol–water partition coefficient (Wildman–Crippen LogP) is 7.21. The number of anilines is 1. The minimum Gasteiger partial charge on any atom is -0.496 e. The molecule has 0 saturated carbocycles. The van der Waals surface area contributed by atoms with Crippen LogP contribution < -0.4 is 10.1 Å². The molecule has 154 valence electrons. The molecule has 6 heteroatoms. The number of ether oxygens (including phenoxy) is 1. The molecule has 4 rings (SSSR count). The third kappa shape index (κ3) is 5.16. The molecule has 0 aliphatic heterocycles. The van der Waals surface area contributed by atoms with Crippen molar-refractivity contribution < 1.29 is 9.53 Å². The first-order chi connectivity index (χ1) is 15.1. The number of fused-ring (bicyclic) bond motifs is 1. The number of halogens is 1. The quantitative estimate of drug-likeness (QED) is 0.300. The summed E-state index contributed by atoms with van der Waals surface area (Å²) in [6, 6.07) is 26.7. The van der Waals surface area contributed by atoms with Gasteiger partial charge in [0.15, 0.2) is 0 Å². The molecular weight excluding hydrogens is 454 g/mol. The highest BCUT2D eigenvalue weighted by atomic mass is 79.9. The summed E-state index contributed by atoms with van der Waals surface area (Å²) >= 11 is 3.49. The van der Waals surface area contributed by atoms with Crippen molar-refractivity contribution in [2.45, 2.75) is 6.42 Å². The highest BCUT2D eigenvalue weighted by molar-refractivity contribution is 9.10. The SMILES string of the molecule is COc1ccc2cc(Br)ccc2c1CC(=O)Nc1ccc(N=Nc2ccccc2)cc1. The van der Waals surface area contributed by atoms with Crippen molar-refractivity contribution in [1.29, 1.82) is 0 Å². The number of rotatable bonds is 6. The van der Waals surface area contributed by atoms with Crippen molar-refractivity contribution in [2.75, 3.05) is 12.4 Å². The zero-order valence-corrected chi connectivity index (χ0v) is 18.5. The number of hydrogen-bond donors (Lipinski definition) is 1. The second-order valence-electron chi connectivity index (χ2n) is 6.92. The molecule has 0 bridgehead atoms. The Hall–Kier alpha value is -3.51. The zero-order chi connectivity index (χ0) is 21.6. The molecule has 4 aromatic rings. The highest BCUT2D eigenvalue weighted by Gasteiger charge is 2.13. The van der Waals surface area contributed by atoms with Gasteiger partial charge in [-0.15, -0.1) is 0 Å². The van der Waals surface area contributed by atoms with Crippen LogP contribution in [0.3, 0.4) is 0 Å². The Balaban J connectivity index is 1.47. The van der Waals surface area contributed by atoms with Gasteiger partial charge in [0.25, 0.3) is 0 Å². The molecular formula is C25H20BrN3O2. The number of carbonyl (C=O) groups is 1. The van der Waals surface area contributed by atoms with Gasteiger partial charge >= 0.3 is 0 Å². The number of amides is 1. The van der Waals surface area contributed by atoms with Gasteiger partial charge in [-0.05, 0) is 65.4 Å². The van der Waals surface area contributed by atoms with Crippen molar-refractivity contribution in [3.8, 4) is 5.75 Å². The van der Waals surface area contributed by atoms with Crippen LogP contribution in [0.15, 0.2) is 99.6 Å². The number of nitrogens with zero attached hydrogens (tertiary/aromatic N) is 2. The van der Waals surface area contributed by atoms with Gasteiger partial charge in [-0.1, -0.05) is 46.3 Å². The summed E-state index contributed by atoms with van der Waals surface area (Å²) in [5.74, 6) is 0.578. The molecule has 0 unspecified atom stereocenters. The van der Waals surface area contributed by atoms with Crippen LogP contribution in [0.1, 0.15) is 5.56 Å². The predicted molar refractivity (Wildman–Crippen MR) is 128 cm³/mol. The maximum atomic E-state index is 12.7. The van der Waals surface area contributed by atoms with Gasteiger partial charge < -0.3 is 10.1 Å². The molecule has 4 aromatic carbocycles. The molecule has 0 heterocycles. The van der Waals surface area contributed by atoms with E-state index in [4.69, 9.17) is 4.74 Å². The summed E-state index contributed by atoms with van der Waals surface area (Å²) in [4.78, 5) is 12.7. The van der Waals surface area contributed by atoms with E-state index in [-0.39, 0.29) is 12.3 Å². The van der Waals surface area contributed by atoms with E-state index in [0.717, 1.165) is 26.5 Å². The second-order valence-corrected chi connectivity index (χ2v) is 7.83. The van der Waals surface area contributed by atoms with E-state index in [2.05, 4.69) is 31.5 Å². The third-order valence-electron chi connectivity index (χ3n) is 4.80. The largest absolute Gasteiger partial charge is 0.496 e. The molecule has 0 spiro atoms. The number of nitrogens with one attached hydrogen (secondary N) is 1. The summed E-state index contributed by atoms with van der Waals surface area (Å²) in [6.07, 6.45) is 0.206. The van der Waals surface area contributed by atoms with E-state index in [1.165, 1.54) is 0 Å². The Labute approximate surface area is 188 Å². The van der Waals surface area contributed by atoms with Gasteiger partial charge in [0.05, 0.1) is 24.9 Å². The number of carbonyl (C=O) groups excluding carboxylic acids is 1. The standard InChI is InChI=1S/C25H20BrN3O2/c1-31-24-14-7-17-15-18(26)8-13-22(17)23(24)16-25(30)27-19-9-11-21(12-10-19)29-28-20-5-3-2-4-6-20/h2-15H,16H2,1H3,(H,27,30). The maximum Gasteiger partial charge on any atom is 0.228 e. The first kappa shape index (κ1) is 20.8. The monoisotopic (exact) mass is 473 g/mol. The smallest absolute Gasteiger partial charge is 0.228 e. The maximum absolute atomic E-state index is 12.7. The van der Waals surface area contributed by atoms with Crippen LogP contribution in [0.2, 0.25) is 0 Å². The van der Waals surface area contributed by atoms with Gasteiger partial charge in [0, 0.05) is 15.7 Å². The van der Waals surface area contributed by atoms with E-state index in [9.17, 15) is 4.79 Å². The fourth-order valence-electron chi connectivity index (χ4n) is 3.31. The molecule has 1 amide bonds. The van der Waals surface area contributed by atoms with E-state index in [0.29, 0.717) is 17.1 Å². The van der Waals surface area contributed by atoms with E-state index >= 15 is 0 Å². The van der Waals surface area contributed by atoms with Crippen LogP contribution in [0.5, 0.6) is 5.75 Å². The lowest BCUT2D eigenvalue weighted by Crippen LogP contribution is -2.15. The fourth-order valence-corrected chi connectivity index (χ4v) is 3.68. The Morgan fingerprint density at radius 1 is 0.903 bits per heavy atom. The van der Waals surface area contributed by atoms with E-state index < -0.39 is 0 Å². The molecule has 5 nitrogen and oxygen atoms in total. The van der Waals surface area contributed by atoms with Crippen molar-refractivity contribution in [2.24, 2.45) is 10.2 Å². The molecule has 0 saturated heterocycles.